The molecule has 1 atom stereocenters. The maximum atomic E-state index is 13.0. The molecule has 0 radical (unpaired) electrons. The molecule has 0 unspecified atom stereocenters. The van der Waals surface area contributed by atoms with Crippen molar-refractivity contribution in [2.75, 3.05) is 5.32 Å². The second-order valence-corrected chi connectivity index (χ2v) is 8.87. The number of amides is 1. The van der Waals surface area contributed by atoms with Crippen molar-refractivity contribution in [2.45, 2.75) is 17.4 Å². The molecule has 1 amide bonds. The SMILES string of the molecule is O=C(NNC(=S)Nc1ccc(F)cc1)[C@@H](Cc1ccccc1)NS(=O)(=O)c1ccccc1. The van der Waals surface area contributed by atoms with Gasteiger partial charge in [0, 0.05) is 5.69 Å². The van der Waals surface area contributed by atoms with Gasteiger partial charge in [0.2, 0.25) is 10.0 Å². The van der Waals surface area contributed by atoms with Gasteiger partial charge in [-0.1, -0.05) is 48.5 Å². The van der Waals surface area contributed by atoms with Crippen LogP contribution < -0.4 is 20.9 Å². The highest BCUT2D eigenvalue weighted by atomic mass is 32.2. The lowest BCUT2D eigenvalue weighted by Gasteiger charge is -2.20. The van der Waals surface area contributed by atoms with Gasteiger partial charge >= 0.3 is 0 Å². The smallest absolute Gasteiger partial charge is 0.256 e. The first-order chi connectivity index (χ1) is 15.3. The van der Waals surface area contributed by atoms with E-state index in [1.165, 1.54) is 36.4 Å². The number of halogens is 1. The monoisotopic (exact) mass is 472 g/mol. The summed E-state index contributed by atoms with van der Waals surface area (Å²) in [6, 6.07) is 21.2. The number of thiocarbonyl (C=S) groups is 1. The summed E-state index contributed by atoms with van der Waals surface area (Å²) in [4.78, 5) is 12.9. The van der Waals surface area contributed by atoms with E-state index in [4.69, 9.17) is 12.2 Å². The first kappa shape index (κ1) is 23.3. The van der Waals surface area contributed by atoms with E-state index in [0.29, 0.717) is 5.69 Å². The molecule has 4 N–H and O–H groups in total. The number of carbonyl (C=O) groups is 1. The lowest BCUT2D eigenvalue weighted by atomic mass is 10.1. The lowest BCUT2D eigenvalue weighted by Crippen LogP contribution is -2.53. The van der Waals surface area contributed by atoms with E-state index in [2.05, 4.69) is 20.9 Å². The van der Waals surface area contributed by atoms with Crippen LogP contribution in [0.3, 0.4) is 0 Å². The Morgan fingerprint density at radius 3 is 2.09 bits per heavy atom. The number of anilines is 1. The molecule has 0 spiro atoms. The van der Waals surface area contributed by atoms with Crippen molar-refractivity contribution in [3.63, 3.8) is 0 Å². The highest BCUT2D eigenvalue weighted by Gasteiger charge is 2.26. The van der Waals surface area contributed by atoms with Crippen LogP contribution in [0, 0.1) is 5.82 Å². The van der Waals surface area contributed by atoms with Gasteiger partial charge in [-0.2, -0.15) is 4.72 Å². The number of hydrogen-bond donors (Lipinski definition) is 4. The van der Waals surface area contributed by atoms with Crippen molar-refractivity contribution in [1.29, 1.82) is 0 Å². The summed E-state index contributed by atoms with van der Waals surface area (Å²) in [7, 11) is -3.94. The van der Waals surface area contributed by atoms with E-state index in [0.717, 1.165) is 5.56 Å². The Bertz CT molecular complexity index is 1160. The van der Waals surface area contributed by atoms with Crippen LogP contribution >= 0.6 is 12.2 Å². The summed E-state index contributed by atoms with van der Waals surface area (Å²) in [6.07, 6.45) is 0.124. The van der Waals surface area contributed by atoms with Crippen molar-refractivity contribution in [3.05, 3.63) is 96.3 Å². The van der Waals surface area contributed by atoms with Gasteiger partial charge in [-0.05, 0) is 60.6 Å². The summed E-state index contributed by atoms with van der Waals surface area (Å²) in [6.45, 7) is 0. The summed E-state index contributed by atoms with van der Waals surface area (Å²) in [5.41, 5.74) is 6.24. The van der Waals surface area contributed by atoms with E-state index in [1.807, 2.05) is 6.07 Å². The first-order valence-corrected chi connectivity index (χ1v) is 11.5. The molecule has 32 heavy (non-hydrogen) atoms. The Hall–Kier alpha value is -3.34. The van der Waals surface area contributed by atoms with Gasteiger partial charge in [0.25, 0.3) is 5.91 Å². The third-order valence-corrected chi connectivity index (χ3v) is 6.04. The van der Waals surface area contributed by atoms with Gasteiger partial charge < -0.3 is 5.32 Å². The quantitative estimate of drug-likeness (QED) is 0.312. The molecule has 0 saturated carbocycles. The maximum absolute atomic E-state index is 13.0. The van der Waals surface area contributed by atoms with Crippen LogP contribution in [0.5, 0.6) is 0 Å². The van der Waals surface area contributed by atoms with Gasteiger partial charge in [0.1, 0.15) is 11.9 Å². The minimum absolute atomic E-state index is 0.0484. The molecular weight excluding hydrogens is 451 g/mol. The van der Waals surface area contributed by atoms with Crippen LogP contribution in [0.25, 0.3) is 0 Å². The highest BCUT2D eigenvalue weighted by molar-refractivity contribution is 7.89. The maximum Gasteiger partial charge on any atom is 0.256 e. The Morgan fingerprint density at radius 1 is 0.875 bits per heavy atom. The molecule has 0 aliphatic carbocycles. The van der Waals surface area contributed by atoms with Crippen LogP contribution in [-0.4, -0.2) is 25.5 Å². The third-order valence-electron chi connectivity index (χ3n) is 4.35. The van der Waals surface area contributed by atoms with Crippen LogP contribution in [0.4, 0.5) is 10.1 Å². The minimum Gasteiger partial charge on any atom is -0.331 e. The Balaban J connectivity index is 1.68. The number of carbonyl (C=O) groups excluding carboxylic acids is 1. The Labute approximate surface area is 191 Å². The zero-order valence-corrected chi connectivity index (χ0v) is 18.4. The Kier molecular flexibility index (Phi) is 7.87. The molecule has 7 nitrogen and oxygen atoms in total. The van der Waals surface area contributed by atoms with E-state index < -0.39 is 27.8 Å². The average Bonchev–Trinajstić information content (AvgIpc) is 2.80. The minimum atomic E-state index is -3.94. The van der Waals surface area contributed by atoms with Gasteiger partial charge in [0.15, 0.2) is 5.11 Å². The number of nitrogens with one attached hydrogen (secondary N) is 4. The highest BCUT2D eigenvalue weighted by Crippen LogP contribution is 2.11. The molecule has 0 aliphatic rings. The largest absolute Gasteiger partial charge is 0.331 e. The molecule has 3 rings (SSSR count). The fourth-order valence-electron chi connectivity index (χ4n) is 2.79. The zero-order valence-electron chi connectivity index (χ0n) is 16.8. The van der Waals surface area contributed by atoms with Crippen LogP contribution in [0.2, 0.25) is 0 Å². The number of hydrazine groups is 1. The predicted octanol–water partition coefficient (Wildman–Crippen LogP) is 2.73. The predicted molar refractivity (Wildman–Crippen MR) is 125 cm³/mol. The lowest BCUT2D eigenvalue weighted by molar-refractivity contribution is -0.123. The summed E-state index contributed by atoms with van der Waals surface area (Å²) in [5.74, 6) is -1.02. The topological polar surface area (TPSA) is 99.3 Å². The molecule has 0 heterocycles. The fraction of sp³-hybridized carbons (Fsp3) is 0.0909. The van der Waals surface area contributed by atoms with Crippen molar-refractivity contribution in [3.8, 4) is 0 Å². The molecule has 0 aliphatic heterocycles. The Morgan fingerprint density at radius 2 is 1.47 bits per heavy atom. The van der Waals surface area contributed by atoms with Crippen molar-refractivity contribution in [2.24, 2.45) is 0 Å². The summed E-state index contributed by atoms with van der Waals surface area (Å²) >= 11 is 5.12. The standard InChI is InChI=1S/C22H21FN4O3S2/c23-17-11-13-18(14-12-17)24-22(31)26-25-21(28)20(15-16-7-3-1-4-8-16)27-32(29,30)19-9-5-2-6-10-19/h1-14,20,27H,15H2,(H,25,28)(H2,24,26,31)/t20-/m1/s1. The summed E-state index contributed by atoms with van der Waals surface area (Å²) < 4.78 is 41.0. The fourth-order valence-corrected chi connectivity index (χ4v) is 4.18. The van der Waals surface area contributed by atoms with E-state index in [-0.39, 0.29) is 16.4 Å². The second kappa shape index (κ2) is 10.8. The van der Waals surface area contributed by atoms with Crippen LogP contribution in [0.15, 0.2) is 89.8 Å². The van der Waals surface area contributed by atoms with Gasteiger partial charge in [-0.15, -0.1) is 0 Å². The second-order valence-electron chi connectivity index (χ2n) is 6.75. The summed E-state index contributed by atoms with van der Waals surface area (Å²) in [5, 5.41) is 2.84. The number of hydrogen-bond acceptors (Lipinski definition) is 4. The van der Waals surface area contributed by atoms with Crippen LogP contribution in [0.1, 0.15) is 5.56 Å². The molecule has 3 aromatic carbocycles. The normalized spacial score (nSPS) is 11.9. The first-order valence-electron chi connectivity index (χ1n) is 9.57. The molecule has 166 valence electrons. The van der Waals surface area contributed by atoms with E-state index >= 15 is 0 Å². The molecule has 3 aromatic rings. The van der Waals surface area contributed by atoms with Crippen LogP contribution in [-0.2, 0) is 21.2 Å². The average molecular weight is 473 g/mol. The molecule has 0 fully saturated rings. The van der Waals surface area contributed by atoms with Crippen molar-refractivity contribution in [1.82, 2.24) is 15.6 Å². The van der Waals surface area contributed by atoms with Crippen molar-refractivity contribution < 1.29 is 17.6 Å². The van der Waals surface area contributed by atoms with Crippen molar-refractivity contribution >= 4 is 38.9 Å². The van der Waals surface area contributed by atoms with Gasteiger partial charge in [0.05, 0.1) is 4.90 Å². The number of sulfonamides is 1. The number of rotatable bonds is 7. The van der Waals surface area contributed by atoms with E-state index in [9.17, 15) is 17.6 Å². The molecule has 10 heteroatoms. The molecule has 0 saturated heterocycles. The number of benzene rings is 3. The van der Waals surface area contributed by atoms with Gasteiger partial charge in [-0.3, -0.25) is 15.6 Å². The molecule has 0 bridgehead atoms. The van der Waals surface area contributed by atoms with Gasteiger partial charge in [-0.25, -0.2) is 12.8 Å². The third kappa shape index (κ3) is 6.84. The van der Waals surface area contributed by atoms with E-state index in [1.54, 1.807) is 42.5 Å². The molecule has 0 aromatic heterocycles. The zero-order chi connectivity index (χ0) is 23.0. The molecular formula is C22H21FN4O3S2.